The standard InChI is InChI=1S/C18H20FNO2S/c1-14-3-2-4-17(11-14)22-10-9-20-18(21)13-23-12-15-5-7-16(19)8-6-15/h2-8,11H,9-10,12-13H2,1H3,(H,20,21). The number of thioether (sulfide) groups is 1. The fraction of sp³-hybridized carbons (Fsp3) is 0.278. The molecule has 0 spiro atoms. The maximum atomic E-state index is 12.8. The maximum absolute atomic E-state index is 12.8. The zero-order chi connectivity index (χ0) is 16.5. The van der Waals surface area contributed by atoms with Crippen LogP contribution in [0.1, 0.15) is 11.1 Å². The van der Waals surface area contributed by atoms with Gasteiger partial charge in [-0.2, -0.15) is 0 Å². The van der Waals surface area contributed by atoms with E-state index in [1.54, 1.807) is 12.1 Å². The zero-order valence-electron chi connectivity index (χ0n) is 13.0. The summed E-state index contributed by atoms with van der Waals surface area (Å²) >= 11 is 1.50. The maximum Gasteiger partial charge on any atom is 0.230 e. The summed E-state index contributed by atoms with van der Waals surface area (Å²) in [5.41, 5.74) is 2.15. The number of carbonyl (C=O) groups excluding carboxylic acids is 1. The smallest absolute Gasteiger partial charge is 0.230 e. The molecule has 23 heavy (non-hydrogen) atoms. The summed E-state index contributed by atoms with van der Waals surface area (Å²) < 4.78 is 18.3. The highest BCUT2D eigenvalue weighted by Crippen LogP contribution is 2.13. The Labute approximate surface area is 140 Å². The van der Waals surface area contributed by atoms with Gasteiger partial charge in [-0.25, -0.2) is 4.39 Å². The number of hydrogen-bond donors (Lipinski definition) is 1. The summed E-state index contributed by atoms with van der Waals surface area (Å²) in [6, 6.07) is 14.1. The lowest BCUT2D eigenvalue weighted by molar-refractivity contribution is -0.118. The summed E-state index contributed by atoms with van der Waals surface area (Å²) in [5.74, 6) is 1.61. The van der Waals surface area contributed by atoms with Crippen molar-refractivity contribution in [2.75, 3.05) is 18.9 Å². The van der Waals surface area contributed by atoms with E-state index in [0.717, 1.165) is 16.9 Å². The van der Waals surface area contributed by atoms with Crippen LogP contribution in [0.2, 0.25) is 0 Å². The molecule has 0 unspecified atom stereocenters. The number of halogens is 1. The van der Waals surface area contributed by atoms with Crippen molar-refractivity contribution < 1.29 is 13.9 Å². The summed E-state index contributed by atoms with van der Waals surface area (Å²) in [6.45, 7) is 2.93. The zero-order valence-corrected chi connectivity index (χ0v) is 13.9. The molecule has 2 rings (SSSR count). The molecule has 0 saturated carbocycles. The first-order chi connectivity index (χ1) is 11.1. The average Bonchev–Trinajstić information content (AvgIpc) is 2.54. The summed E-state index contributed by atoms with van der Waals surface area (Å²) in [7, 11) is 0. The van der Waals surface area contributed by atoms with Crippen molar-refractivity contribution in [2.24, 2.45) is 0 Å². The Morgan fingerprint density at radius 1 is 1.22 bits per heavy atom. The molecular formula is C18H20FNO2S. The van der Waals surface area contributed by atoms with Gasteiger partial charge in [0.25, 0.3) is 0 Å². The van der Waals surface area contributed by atoms with Crippen LogP contribution in [0, 0.1) is 12.7 Å². The van der Waals surface area contributed by atoms with E-state index in [2.05, 4.69) is 5.32 Å². The molecule has 0 aliphatic heterocycles. The van der Waals surface area contributed by atoms with Crippen LogP contribution in [0.4, 0.5) is 4.39 Å². The van der Waals surface area contributed by atoms with Crippen molar-refractivity contribution in [2.45, 2.75) is 12.7 Å². The van der Waals surface area contributed by atoms with Gasteiger partial charge < -0.3 is 10.1 Å². The minimum atomic E-state index is -0.245. The van der Waals surface area contributed by atoms with E-state index < -0.39 is 0 Å². The van der Waals surface area contributed by atoms with Gasteiger partial charge in [0.2, 0.25) is 5.91 Å². The van der Waals surface area contributed by atoms with Crippen molar-refractivity contribution in [1.82, 2.24) is 5.32 Å². The molecule has 122 valence electrons. The lowest BCUT2D eigenvalue weighted by Crippen LogP contribution is -2.29. The molecule has 1 N–H and O–H groups in total. The minimum absolute atomic E-state index is 0.0232. The molecule has 0 fully saturated rings. The van der Waals surface area contributed by atoms with Gasteiger partial charge in [-0.15, -0.1) is 11.8 Å². The van der Waals surface area contributed by atoms with Crippen LogP contribution in [-0.2, 0) is 10.5 Å². The Hall–Kier alpha value is -2.01. The molecule has 0 bridgehead atoms. The molecule has 0 radical (unpaired) electrons. The Kier molecular flexibility index (Phi) is 6.94. The Balaban J connectivity index is 1.57. The number of hydrogen-bond acceptors (Lipinski definition) is 3. The second-order valence-electron chi connectivity index (χ2n) is 5.13. The topological polar surface area (TPSA) is 38.3 Å². The molecule has 0 saturated heterocycles. The van der Waals surface area contributed by atoms with Crippen molar-refractivity contribution in [1.29, 1.82) is 0 Å². The van der Waals surface area contributed by atoms with Crippen LogP contribution < -0.4 is 10.1 Å². The molecule has 2 aromatic carbocycles. The molecule has 0 heterocycles. The molecule has 0 aromatic heterocycles. The molecule has 5 heteroatoms. The van der Waals surface area contributed by atoms with E-state index in [1.807, 2.05) is 31.2 Å². The number of benzene rings is 2. The van der Waals surface area contributed by atoms with Crippen LogP contribution in [0.5, 0.6) is 5.75 Å². The lowest BCUT2D eigenvalue weighted by atomic mass is 10.2. The molecule has 0 aliphatic rings. The van der Waals surface area contributed by atoms with Crippen molar-refractivity contribution in [3.05, 3.63) is 65.5 Å². The van der Waals surface area contributed by atoms with E-state index in [9.17, 15) is 9.18 Å². The highest BCUT2D eigenvalue weighted by Gasteiger charge is 2.02. The summed E-state index contributed by atoms with van der Waals surface area (Å²) in [5, 5.41) is 2.82. The number of aryl methyl sites for hydroxylation is 1. The van der Waals surface area contributed by atoms with Gasteiger partial charge in [0.05, 0.1) is 12.3 Å². The first kappa shape index (κ1) is 17.3. The predicted octanol–water partition coefficient (Wildman–Crippen LogP) is 3.56. The van der Waals surface area contributed by atoms with Gasteiger partial charge in [-0.3, -0.25) is 4.79 Å². The van der Waals surface area contributed by atoms with Crippen LogP contribution in [0.3, 0.4) is 0 Å². The largest absolute Gasteiger partial charge is 0.492 e. The number of nitrogens with one attached hydrogen (secondary N) is 1. The number of carbonyl (C=O) groups is 1. The molecule has 0 atom stereocenters. The fourth-order valence-corrected chi connectivity index (χ4v) is 2.78. The normalized spacial score (nSPS) is 10.3. The first-order valence-electron chi connectivity index (χ1n) is 7.42. The second-order valence-corrected chi connectivity index (χ2v) is 6.12. The van der Waals surface area contributed by atoms with Gasteiger partial charge >= 0.3 is 0 Å². The van der Waals surface area contributed by atoms with Gasteiger partial charge in [-0.05, 0) is 42.3 Å². The quantitative estimate of drug-likeness (QED) is 0.751. The van der Waals surface area contributed by atoms with Crippen LogP contribution >= 0.6 is 11.8 Å². The molecular weight excluding hydrogens is 313 g/mol. The first-order valence-corrected chi connectivity index (χ1v) is 8.57. The van der Waals surface area contributed by atoms with Gasteiger partial charge in [-0.1, -0.05) is 24.3 Å². The highest BCUT2D eigenvalue weighted by molar-refractivity contribution is 7.99. The minimum Gasteiger partial charge on any atom is -0.492 e. The Morgan fingerprint density at radius 2 is 2.00 bits per heavy atom. The highest BCUT2D eigenvalue weighted by atomic mass is 32.2. The number of ether oxygens (including phenoxy) is 1. The van der Waals surface area contributed by atoms with Gasteiger partial charge in [0.1, 0.15) is 18.2 Å². The van der Waals surface area contributed by atoms with Crippen molar-refractivity contribution in [3.8, 4) is 5.75 Å². The summed E-state index contributed by atoms with van der Waals surface area (Å²) in [4.78, 5) is 11.7. The molecule has 0 aliphatic carbocycles. The van der Waals surface area contributed by atoms with Crippen LogP contribution in [0.15, 0.2) is 48.5 Å². The fourth-order valence-electron chi connectivity index (χ4n) is 1.96. The van der Waals surface area contributed by atoms with Crippen molar-refractivity contribution in [3.63, 3.8) is 0 Å². The molecule has 3 nitrogen and oxygen atoms in total. The SMILES string of the molecule is Cc1cccc(OCCNC(=O)CSCc2ccc(F)cc2)c1. The number of amides is 1. The summed E-state index contributed by atoms with van der Waals surface area (Å²) in [6.07, 6.45) is 0. The third-order valence-corrected chi connectivity index (χ3v) is 4.10. The molecule has 2 aromatic rings. The molecule has 1 amide bonds. The van der Waals surface area contributed by atoms with E-state index in [1.165, 1.54) is 23.9 Å². The van der Waals surface area contributed by atoms with Gasteiger partial charge in [0.15, 0.2) is 0 Å². The second kappa shape index (κ2) is 9.20. The third-order valence-electron chi connectivity index (χ3n) is 3.10. The van der Waals surface area contributed by atoms with E-state index >= 15 is 0 Å². The van der Waals surface area contributed by atoms with Crippen LogP contribution in [-0.4, -0.2) is 24.8 Å². The van der Waals surface area contributed by atoms with E-state index in [4.69, 9.17) is 4.74 Å². The van der Waals surface area contributed by atoms with Crippen molar-refractivity contribution >= 4 is 17.7 Å². The average molecular weight is 333 g/mol. The lowest BCUT2D eigenvalue weighted by Gasteiger charge is -2.08. The van der Waals surface area contributed by atoms with E-state index in [-0.39, 0.29) is 11.7 Å². The Morgan fingerprint density at radius 3 is 2.74 bits per heavy atom. The van der Waals surface area contributed by atoms with Gasteiger partial charge in [0, 0.05) is 5.75 Å². The monoisotopic (exact) mass is 333 g/mol. The number of rotatable bonds is 8. The predicted molar refractivity (Wildman–Crippen MR) is 92.2 cm³/mol. The van der Waals surface area contributed by atoms with Crippen LogP contribution in [0.25, 0.3) is 0 Å². The third kappa shape index (κ3) is 6.74. The van der Waals surface area contributed by atoms with E-state index in [0.29, 0.717) is 24.7 Å². The Bertz CT molecular complexity index is 631.